The van der Waals surface area contributed by atoms with E-state index >= 15 is 0 Å². The van der Waals surface area contributed by atoms with Crippen LogP contribution in [0.1, 0.15) is 6.92 Å². The molecule has 0 aromatic heterocycles. The van der Waals surface area contributed by atoms with Crippen LogP contribution in [0.25, 0.3) is 0 Å². The summed E-state index contributed by atoms with van der Waals surface area (Å²) in [4.78, 5) is 5.01. The summed E-state index contributed by atoms with van der Waals surface area (Å²) in [6.07, 6.45) is 5.52. The Balaban J connectivity index is 0. The molecule has 10 heavy (non-hydrogen) atoms. The number of halogens is 2. The van der Waals surface area contributed by atoms with Crippen molar-refractivity contribution >= 4 is 6.34 Å². The summed E-state index contributed by atoms with van der Waals surface area (Å²) in [6, 6.07) is 0. The second-order valence-corrected chi connectivity index (χ2v) is 1.83. The van der Waals surface area contributed by atoms with Gasteiger partial charge < -0.3 is 24.8 Å². The van der Waals surface area contributed by atoms with Crippen molar-refractivity contribution in [3.05, 3.63) is 24.7 Å². The lowest BCUT2D eigenvalue weighted by Gasteiger charge is -1.99. The fourth-order valence-electron chi connectivity index (χ4n) is 0.542. The van der Waals surface area contributed by atoms with Crippen LogP contribution in [-0.2, 0) is 0 Å². The lowest BCUT2D eigenvalue weighted by atomic mass is 10.5. The number of rotatable bonds is 1. The van der Waals surface area contributed by atoms with Crippen LogP contribution in [0.3, 0.4) is 0 Å². The van der Waals surface area contributed by atoms with E-state index in [0.717, 1.165) is 10.6 Å². The zero-order valence-electron chi connectivity index (χ0n) is 5.64. The summed E-state index contributed by atoms with van der Waals surface area (Å²) in [5.41, 5.74) is 1.07. The van der Waals surface area contributed by atoms with Gasteiger partial charge in [-0.05, 0) is 6.58 Å². The van der Waals surface area contributed by atoms with Gasteiger partial charge in [-0.25, -0.2) is 9.89 Å². The maximum Gasteiger partial charge on any atom is 0.197 e. The molecule has 1 atom stereocenters. The Bertz CT molecular complexity index is 151. The standard InChI is InChI=1S/C6H8N2.2ClH/c1-6(2)8-4-3-7-5-8;;/h3-5H,1H2,2H3;2*1H/p-1. The van der Waals surface area contributed by atoms with Gasteiger partial charge in [0.15, 0.2) is 6.34 Å². The molecule has 1 rings (SSSR count). The van der Waals surface area contributed by atoms with Gasteiger partial charge in [0.25, 0.3) is 0 Å². The molecule has 1 N–H and O–H groups in total. The van der Waals surface area contributed by atoms with Gasteiger partial charge >= 0.3 is 0 Å². The number of hydrogen-bond donors (Lipinski definition) is 1. The van der Waals surface area contributed by atoms with E-state index in [1.807, 2.05) is 19.5 Å². The highest BCUT2D eigenvalue weighted by Crippen LogP contribution is 1.75. The van der Waals surface area contributed by atoms with Crippen molar-refractivity contribution < 1.29 is 29.7 Å². The third-order valence-electron chi connectivity index (χ3n) is 1.05. The molecule has 2 nitrogen and oxygen atoms in total. The minimum Gasteiger partial charge on any atom is -1.00 e. The Morgan fingerprint density at radius 2 is 2.10 bits per heavy atom. The van der Waals surface area contributed by atoms with Crippen LogP contribution in [-0.4, -0.2) is 6.34 Å². The molecule has 0 bridgehead atoms. The van der Waals surface area contributed by atoms with Crippen molar-refractivity contribution in [3.8, 4) is 0 Å². The summed E-state index contributed by atoms with van der Waals surface area (Å²) in [5, 5.41) is 0. The molecule has 0 saturated carbocycles. The van der Waals surface area contributed by atoms with E-state index in [2.05, 4.69) is 11.6 Å². The monoisotopic (exact) mass is 179 g/mol. The molecule has 0 radical (unpaired) electrons. The van der Waals surface area contributed by atoms with Crippen molar-refractivity contribution in [1.29, 1.82) is 0 Å². The van der Waals surface area contributed by atoms with Gasteiger partial charge in [0.1, 0.15) is 11.9 Å². The van der Waals surface area contributed by atoms with Crippen molar-refractivity contribution in [2.24, 2.45) is 4.99 Å². The first-order chi connectivity index (χ1) is 3.80. The Kier molecular flexibility index (Phi) is 6.77. The van der Waals surface area contributed by atoms with Gasteiger partial charge in [0.2, 0.25) is 0 Å². The minimum atomic E-state index is 0. The van der Waals surface area contributed by atoms with E-state index in [1.165, 1.54) is 0 Å². The third-order valence-corrected chi connectivity index (χ3v) is 1.05. The first-order valence-electron chi connectivity index (χ1n) is 2.53. The van der Waals surface area contributed by atoms with Crippen LogP contribution < -0.4 is 29.7 Å². The van der Waals surface area contributed by atoms with E-state index in [4.69, 9.17) is 0 Å². The molecular weight excluding hydrogens is 171 g/mol. The molecule has 1 heterocycles. The molecular formula is C6H9Cl2N2-. The topological polar surface area (TPSA) is 16.8 Å². The smallest absolute Gasteiger partial charge is 0.197 e. The van der Waals surface area contributed by atoms with Crippen molar-refractivity contribution in [2.75, 3.05) is 0 Å². The SMILES string of the molecule is C=C(C)[NH+]1C=CN=C1.[Cl-].[Cl-]. The van der Waals surface area contributed by atoms with Crippen LogP contribution in [0.2, 0.25) is 0 Å². The minimum absolute atomic E-state index is 0. The second-order valence-electron chi connectivity index (χ2n) is 1.83. The molecule has 0 amide bonds. The van der Waals surface area contributed by atoms with Gasteiger partial charge in [-0.2, -0.15) is 0 Å². The number of nitrogens with one attached hydrogen (secondary N) is 1. The Labute approximate surface area is 73.1 Å². The maximum absolute atomic E-state index is 3.88. The molecule has 1 aliphatic heterocycles. The molecule has 0 spiro atoms. The van der Waals surface area contributed by atoms with Gasteiger partial charge in [-0.15, -0.1) is 0 Å². The van der Waals surface area contributed by atoms with Crippen LogP contribution in [0.15, 0.2) is 29.7 Å². The summed E-state index contributed by atoms with van der Waals surface area (Å²) in [6.45, 7) is 5.73. The van der Waals surface area contributed by atoms with Crippen molar-refractivity contribution in [3.63, 3.8) is 0 Å². The molecule has 4 heteroatoms. The molecule has 58 valence electrons. The fourth-order valence-corrected chi connectivity index (χ4v) is 0.542. The van der Waals surface area contributed by atoms with Crippen molar-refractivity contribution in [1.82, 2.24) is 0 Å². The highest BCUT2D eigenvalue weighted by atomic mass is 35.5. The molecule has 0 saturated heterocycles. The highest BCUT2D eigenvalue weighted by molar-refractivity contribution is 5.48. The van der Waals surface area contributed by atoms with Crippen LogP contribution in [0, 0.1) is 0 Å². The predicted octanol–water partition coefficient (Wildman–Crippen LogP) is -6.07. The van der Waals surface area contributed by atoms with E-state index in [0.29, 0.717) is 0 Å². The van der Waals surface area contributed by atoms with Gasteiger partial charge in [0.05, 0.1) is 6.20 Å². The summed E-state index contributed by atoms with van der Waals surface area (Å²) in [7, 11) is 0. The third kappa shape index (κ3) is 3.01. The van der Waals surface area contributed by atoms with Crippen molar-refractivity contribution in [2.45, 2.75) is 6.92 Å². The first kappa shape index (κ1) is 12.4. The van der Waals surface area contributed by atoms with Crippen LogP contribution in [0.4, 0.5) is 0 Å². The van der Waals surface area contributed by atoms with E-state index in [9.17, 15) is 0 Å². The maximum atomic E-state index is 3.88. The Morgan fingerprint density at radius 1 is 1.50 bits per heavy atom. The van der Waals surface area contributed by atoms with E-state index in [1.54, 1.807) is 6.20 Å². The fraction of sp³-hybridized carbons (Fsp3) is 0.167. The molecule has 0 aromatic rings. The van der Waals surface area contributed by atoms with Gasteiger partial charge in [-0.3, -0.25) is 0 Å². The molecule has 0 aliphatic carbocycles. The quantitative estimate of drug-likeness (QED) is 0.413. The van der Waals surface area contributed by atoms with E-state index < -0.39 is 0 Å². The lowest BCUT2D eigenvalue weighted by molar-refractivity contribution is -0.688. The first-order valence-corrected chi connectivity index (χ1v) is 2.53. The largest absolute Gasteiger partial charge is 1.00 e. The number of quaternary nitrogens is 1. The summed E-state index contributed by atoms with van der Waals surface area (Å²) in [5.74, 6) is 0. The highest BCUT2D eigenvalue weighted by Gasteiger charge is 2.03. The Morgan fingerprint density at radius 3 is 2.30 bits per heavy atom. The molecule has 0 fully saturated rings. The molecule has 1 aliphatic rings. The average Bonchev–Trinajstić information content (AvgIpc) is 2.12. The zero-order valence-corrected chi connectivity index (χ0v) is 7.15. The van der Waals surface area contributed by atoms with Gasteiger partial charge in [0, 0.05) is 6.92 Å². The van der Waals surface area contributed by atoms with Crippen LogP contribution >= 0.6 is 0 Å². The average molecular weight is 180 g/mol. The second kappa shape index (κ2) is 5.47. The Hall–Kier alpha value is -0.310. The zero-order chi connectivity index (χ0) is 5.98. The van der Waals surface area contributed by atoms with Gasteiger partial charge in [-0.1, -0.05) is 0 Å². The molecule has 1 unspecified atom stereocenters. The predicted molar refractivity (Wildman–Crippen MR) is 33.4 cm³/mol. The van der Waals surface area contributed by atoms with Crippen LogP contribution in [0.5, 0.6) is 0 Å². The number of allylic oxidation sites excluding steroid dienone is 1. The normalized spacial score (nSPS) is 19.5. The lowest BCUT2D eigenvalue weighted by Crippen LogP contribution is -3.03. The summed E-state index contributed by atoms with van der Waals surface area (Å²) >= 11 is 0. The van der Waals surface area contributed by atoms with E-state index in [-0.39, 0.29) is 24.8 Å². The number of hydrogen-bond acceptors (Lipinski definition) is 1. The molecule has 0 aromatic carbocycles. The number of nitrogens with zero attached hydrogens (tertiary/aromatic N) is 1. The number of aliphatic imine (C=N–C) groups is 1. The summed E-state index contributed by atoms with van der Waals surface area (Å²) < 4.78 is 0.